The summed E-state index contributed by atoms with van der Waals surface area (Å²) in [4.78, 5) is 3.26. The molecule has 1 aromatic heterocycles. The summed E-state index contributed by atoms with van der Waals surface area (Å²) >= 11 is 0. The number of hydrogen-bond acceptors (Lipinski definition) is 0. The lowest BCUT2D eigenvalue weighted by Crippen LogP contribution is -2.45. The van der Waals surface area contributed by atoms with E-state index in [1.807, 2.05) is 0 Å². The summed E-state index contributed by atoms with van der Waals surface area (Å²) in [6.45, 7) is 7.06. The number of rotatable bonds is 18. The van der Waals surface area contributed by atoms with Gasteiger partial charge in [0.15, 0.2) is 0 Å². The fraction of sp³-hybridized carbons (Fsp3) is 0.690. The molecular formula is C29H49N2+. The largest absolute Gasteiger partial charge is 0.250 e. The first-order valence-corrected chi connectivity index (χ1v) is 13.3. The smallest absolute Gasteiger partial charge is 0.241 e. The fourth-order valence-corrected chi connectivity index (χ4v) is 5.18. The van der Waals surface area contributed by atoms with Crippen LogP contribution in [0.15, 0.2) is 49.1 Å². The molecule has 2 aromatic rings. The third-order valence-corrected chi connectivity index (χ3v) is 6.85. The molecule has 1 heterocycles. The Morgan fingerprint density at radius 3 is 1.87 bits per heavy atom. The third kappa shape index (κ3) is 10.5. The summed E-state index contributed by atoms with van der Waals surface area (Å²) < 4.78 is 2.42. The molecule has 1 N–H and O–H groups in total. The fourth-order valence-electron chi connectivity index (χ4n) is 5.18. The van der Waals surface area contributed by atoms with Crippen LogP contribution in [-0.4, -0.2) is 4.98 Å². The molecule has 0 spiro atoms. The van der Waals surface area contributed by atoms with E-state index in [1.165, 1.54) is 95.5 Å². The second kappa shape index (κ2) is 16.1. The Morgan fingerprint density at radius 2 is 1.35 bits per heavy atom. The topological polar surface area (TPSA) is 19.7 Å². The number of imidazole rings is 1. The normalized spacial score (nSPS) is 13.5. The van der Waals surface area contributed by atoms with Crippen LogP contribution in [0.3, 0.4) is 0 Å². The molecule has 174 valence electrons. The first kappa shape index (κ1) is 25.7. The lowest BCUT2D eigenvalue weighted by atomic mass is 9.82. The molecule has 2 atom stereocenters. The Kier molecular flexibility index (Phi) is 13.4. The van der Waals surface area contributed by atoms with Crippen LogP contribution in [0.1, 0.15) is 116 Å². The minimum atomic E-state index is 0.555. The van der Waals surface area contributed by atoms with Crippen molar-refractivity contribution >= 4 is 0 Å². The molecule has 2 unspecified atom stereocenters. The first-order valence-electron chi connectivity index (χ1n) is 13.3. The highest BCUT2D eigenvalue weighted by Crippen LogP contribution is 2.30. The van der Waals surface area contributed by atoms with E-state index in [-0.39, 0.29) is 0 Å². The number of nitrogens with one attached hydrogen (secondary N) is 1. The molecule has 0 bridgehead atoms. The van der Waals surface area contributed by atoms with Crippen LogP contribution in [0.25, 0.3) is 0 Å². The lowest BCUT2D eigenvalue weighted by molar-refractivity contribution is -0.735. The van der Waals surface area contributed by atoms with E-state index in [1.54, 1.807) is 0 Å². The molecule has 0 fully saturated rings. The van der Waals surface area contributed by atoms with E-state index in [9.17, 15) is 0 Å². The van der Waals surface area contributed by atoms with Gasteiger partial charge >= 0.3 is 0 Å². The summed E-state index contributed by atoms with van der Waals surface area (Å²) in [5.41, 5.74) is 1.48. The molecule has 2 rings (SSSR count). The summed E-state index contributed by atoms with van der Waals surface area (Å²) in [6, 6.07) is 11.7. The van der Waals surface area contributed by atoms with Gasteiger partial charge in [-0.15, -0.1) is 0 Å². The monoisotopic (exact) mass is 425 g/mol. The SMILES string of the molecule is CCCCCCCCCCCCCCC(Cc1ccccc1)C(C(C)C)[n+]1cc[nH]c1. The molecule has 1 aromatic carbocycles. The van der Waals surface area contributed by atoms with E-state index in [0.29, 0.717) is 17.9 Å². The molecule has 0 aliphatic heterocycles. The van der Waals surface area contributed by atoms with Crippen LogP contribution < -0.4 is 4.57 Å². The maximum Gasteiger partial charge on any atom is 0.241 e. The van der Waals surface area contributed by atoms with Crippen molar-refractivity contribution in [2.24, 2.45) is 11.8 Å². The minimum Gasteiger partial charge on any atom is -0.250 e. The minimum absolute atomic E-state index is 0.555. The van der Waals surface area contributed by atoms with Gasteiger partial charge in [-0.1, -0.05) is 128 Å². The molecule has 0 aliphatic carbocycles. The Hall–Kier alpha value is -1.57. The zero-order valence-corrected chi connectivity index (χ0v) is 20.7. The van der Waals surface area contributed by atoms with Crippen molar-refractivity contribution in [2.45, 2.75) is 117 Å². The van der Waals surface area contributed by atoms with Crippen LogP contribution in [0.2, 0.25) is 0 Å². The number of benzene rings is 1. The van der Waals surface area contributed by atoms with Gasteiger partial charge in [0.1, 0.15) is 18.4 Å². The highest BCUT2D eigenvalue weighted by molar-refractivity contribution is 5.15. The van der Waals surface area contributed by atoms with Gasteiger partial charge in [0.2, 0.25) is 6.33 Å². The molecule has 2 nitrogen and oxygen atoms in total. The van der Waals surface area contributed by atoms with Crippen LogP contribution in [0.4, 0.5) is 0 Å². The second-order valence-corrected chi connectivity index (χ2v) is 9.92. The van der Waals surface area contributed by atoms with E-state index in [2.05, 4.69) is 79.4 Å². The van der Waals surface area contributed by atoms with Crippen LogP contribution in [-0.2, 0) is 6.42 Å². The highest BCUT2D eigenvalue weighted by atomic mass is 15.1. The van der Waals surface area contributed by atoms with E-state index in [0.717, 1.165) is 0 Å². The zero-order chi connectivity index (χ0) is 22.2. The number of H-pyrrole nitrogens is 1. The van der Waals surface area contributed by atoms with Crippen molar-refractivity contribution in [3.8, 4) is 0 Å². The Morgan fingerprint density at radius 1 is 0.774 bits per heavy atom. The second-order valence-electron chi connectivity index (χ2n) is 9.92. The van der Waals surface area contributed by atoms with E-state index < -0.39 is 0 Å². The number of nitrogens with zero attached hydrogens (tertiary/aromatic N) is 1. The average molecular weight is 426 g/mol. The van der Waals surface area contributed by atoms with Crippen molar-refractivity contribution in [3.63, 3.8) is 0 Å². The van der Waals surface area contributed by atoms with Gasteiger partial charge in [-0.3, -0.25) is 4.98 Å². The van der Waals surface area contributed by atoms with Crippen LogP contribution >= 0.6 is 0 Å². The van der Waals surface area contributed by atoms with Crippen molar-refractivity contribution in [1.29, 1.82) is 0 Å². The van der Waals surface area contributed by atoms with Gasteiger partial charge in [-0.2, -0.15) is 0 Å². The molecule has 0 aliphatic rings. The molecular weight excluding hydrogens is 376 g/mol. The van der Waals surface area contributed by atoms with Gasteiger partial charge in [0.25, 0.3) is 0 Å². The Bertz CT molecular complexity index is 632. The van der Waals surface area contributed by atoms with Gasteiger partial charge in [-0.05, 0) is 24.3 Å². The van der Waals surface area contributed by atoms with Crippen molar-refractivity contribution in [2.75, 3.05) is 0 Å². The maximum absolute atomic E-state index is 3.26. The number of hydrogen-bond donors (Lipinski definition) is 1. The maximum atomic E-state index is 3.26. The average Bonchev–Trinajstić information content (AvgIpc) is 3.29. The summed E-state index contributed by atoms with van der Waals surface area (Å²) in [7, 11) is 0. The molecule has 0 radical (unpaired) electrons. The molecule has 0 saturated carbocycles. The van der Waals surface area contributed by atoms with Crippen molar-refractivity contribution in [1.82, 2.24) is 4.98 Å². The standard InChI is InChI=1S/C29H48N2/c1-4-5-6-7-8-9-10-11-12-13-14-18-21-28(24-27-19-16-15-17-20-27)29(26(2)3)31-23-22-30-25-31/h15-17,19-20,22-23,25-26,28-29H,4-14,18,21,24H2,1-3H3/p+1. The number of aromatic amines is 1. The van der Waals surface area contributed by atoms with Gasteiger partial charge in [-0.25, -0.2) is 4.57 Å². The molecule has 31 heavy (non-hydrogen) atoms. The zero-order valence-electron chi connectivity index (χ0n) is 20.7. The number of aromatic nitrogens is 2. The van der Waals surface area contributed by atoms with Crippen LogP contribution in [0, 0.1) is 11.8 Å². The molecule has 0 saturated heterocycles. The number of unbranched alkanes of at least 4 members (excludes halogenated alkanes) is 11. The van der Waals surface area contributed by atoms with E-state index >= 15 is 0 Å². The summed E-state index contributed by atoms with van der Waals surface area (Å²) in [5, 5.41) is 0. The van der Waals surface area contributed by atoms with Gasteiger partial charge in [0.05, 0.1) is 0 Å². The van der Waals surface area contributed by atoms with Gasteiger partial charge < -0.3 is 0 Å². The van der Waals surface area contributed by atoms with Gasteiger partial charge in [0, 0.05) is 5.92 Å². The summed E-state index contributed by atoms with van der Waals surface area (Å²) in [5.74, 6) is 1.32. The summed E-state index contributed by atoms with van der Waals surface area (Å²) in [6.07, 6.45) is 26.0. The molecule has 2 heteroatoms. The van der Waals surface area contributed by atoms with Crippen molar-refractivity contribution in [3.05, 3.63) is 54.6 Å². The predicted molar refractivity (Wildman–Crippen MR) is 134 cm³/mol. The Balaban J connectivity index is 1.72. The lowest BCUT2D eigenvalue weighted by Gasteiger charge is -2.28. The first-order chi connectivity index (χ1) is 15.2. The predicted octanol–water partition coefficient (Wildman–Crippen LogP) is 8.45. The van der Waals surface area contributed by atoms with Crippen molar-refractivity contribution < 1.29 is 4.57 Å². The Labute approximate surface area is 192 Å². The van der Waals surface area contributed by atoms with E-state index in [4.69, 9.17) is 0 Å². The highest BCUT2D eigenvalue weighted by Gasteiger charge is 2.29. The quantitative estimate of drug-likeness (QED) is 0.182. The third-order valence-electron chi connectivity index (χ3n) is 6.85. The molecule has 0 amide bonds. The van der Waals surface area contributed by atoms with Crippen LogP contribution in [0.5, 0.6) is 0 Å².